The van der Waals surface area contributed by atoms with Crippen molar-refractivity contribution in [3.05, 3.63) is 188 Å². The van der Waals surface area contributed by atoms with Crippen molar-refractivity contribution in [1.82, 2.24) is 24.9 Å². The standard InChI is InChI=1S/C51H31N5/c1-2-10-33(11-3-1)49-40-12-4-5-13-44(40)56-51-41(49)24-20-34-22-25-43(55-50(34)51)37-19-17-32-16-18-36-28-35(21-23-39(36)42(32)29-37)38-30-47(45-14-6-8-26-52-45)54-48(31-38)46-15-7-9-27-53-46/h1-31H. The predicted octanol–water partition coefficient (Wildman–Crippen LogP) is 12.8. The smallest absolute Gasteiger partial charge is 0.0978 e. The fraction of sp³-hybridized carbons (Fsp3) is 0. The zero-order valence-corrected chi connectivity index (χ0v) is 30.1. The lowest BCUT2D eigenvalue weighted by molar-refractivity contribution is 1.22. The molecule has 0 spiro atoms. The van der Waals surface area contributed by atoms with E-state index in [9.17, 15) is 0 Å². The van der Waals surface area contributed by atoms with Gasteiger partial charge in [0.15, 0.2) is 0 Å². The minimum atomic E-state index is 0.808. The van der Waals surface area contributed by atoms with Crippen LogP contribution >= 0.6 is 0 Å². The first-order chi connectivity index (χ1) is 27.7. The molecule has 0 saturated heterocycles. The van der Waals surface area contributed by atoms with Gasteiger partial charge in [0.25, 0.3) is 0 Å². The van der Waals surface area contributed by atoms with E-state index >= 15 is 0 Å². The number of fused-ring (bicyclic) bond motifs is 7. The van der Waals surface area contributed by atoms with Crippen LogP contribution in [0.3, 0.4) is 0 Å². The van der Waals surface area contributed by atoms with Crippen LogP contribution in [0.5, 0.6) is 0 Å². The average molecular weight is 714 g/mol. The van der Waals surface area contributed by atoms with Crippen LogP contribution in [0.1, 0.15) is 0 Å². The van der Waals surface area contributed by atoms with Crippen LogP contribution in [0.4, 0.5) is 0 Å². The van der Waals surface area contributed by atoms with Crippen molar-refractivity contribution in [3.8, 4) is 56.3 Å². The van der Waals surface area contributed by atoms with E-state index in [0.717, 1.165) is 83.3 Å². The lowest BCUT2D eigenvalue weighted by Crippen LogP contribution is -1.94. The lowest BCUT2D eigenvalue weighted by Gasteiger charge is -2.14. The van der Waals surface area contributed by atoms with Gasteiger partial charge in [-0.05, 0) is 98.9 Å². The van der Waals surface area contributed by atoms with Gasteiger partial charge < -0.3 is 0 Å². The molecule has 0 radical (unpaired) electrons. The Kier molecular flexibility index (Phi) is 7.42. The number of rotatable bonds is 5. The summed E-state index contributed by atoms with van der Waals surface area (Å²) in [5.74, 6) is 0. The lowest BCUT2D eigenvalue weighted by atomic mass is 9.94. The fourth-order valence-corrected chi connectivity index (χ4v) is 8.00. The largest absolute Gasteiger partial charge is 0.255 e. The quantitative estimate of drug-likeness (QED) is 0.131. The topological polar surface area (TPSA) is 64.5 Å². The van der Waals surface area contributed by atoms with Crippen molar-refractivity contribution in [2.24, 2.45) is 0 Å². The van der Waals surface area contributed by atoms with Crippen LogP contribution in [0.25, 0.3) is 111 Å². The van der Waals surface area contributed by atoms with E-state index in [1.807, 2.05) is 36.4 Å². The normalized spacial score (nSPS) is 11.6. The van der Waals surface area contributed by atoms with Crippen molar-refractivity contribution in [1.29, 1.82) is 0 Å². The van der Waals surface area contributed by atoms with Crippen molar-refractivity contribution in [2.45, 2.75) is 0 Å². The van der Waals surface area contributed by atoms with E-state index in [2.05, 4.69) is 149 Å². The molecule has 5 nitrogen and oxygen atoms in total. The van der Waals surface area contributed by atoms with Gasteiger partial charge in [-0.1, -0.05) is 115 Å². The van der Waals surface area contributed by atoms with Gasteiger partial charge in [-0.2, -0.15) is 0 Å². The molecule has 11 rings (SSSR count). The van der Waals surface area contributed by atoms with Gasteiger partial charge in [-0.25, -0.2) is 15.0 Å². The maximum Gasteiger partial charge on any atom is 0.0978 e. The van der Waals surface area contributed by atoms with E-state index in [0.29, 0.717) is 0 Å². The molecule has 5 heterocycles. The summed E-state index contributed by atoms with van der Waals surface area (Å²) in [6.07, 6.45) is 3.60. The van der Waals surface area contributed by atoms with Crippen molar-refractivity contribution >= 4 is 54.3 Å². The van der Waals surface area contributed by atoms with Gasteiger partial charge in [0.1, 0.15) is 0 Å². The fourth-order valence-electron chi connectivity index (χ4n) is 8.00. The highest BCUT2D eigenvalue weighted by Crippen LogP contribution is 2.39. The van der Waals surface area contributed by atoms with Gasteiger partial charge in [0.05, 0.1) is 45.0 Å². The third-order valence-electron chi connectivity index (χ3n) is 10.7. The van der Waals surface area contributed by atoms with Gasteiger partial charge >= 0.3 is 0 Å². The Labute approximate surface area is 322 Å². The Morgan fingerprint density at radius 1 is 0.286 bits per heavy atom. The summed E-state index contributed by atoms with van der Waals surface area (Å²) < 4.78 is 0. The maximum absolute atomic E-state index is 5.34. The van der Waals surface area contributed by atoms with Gasteiger partial charge in [0, 0.05) is 39.7 Å². The Bertz CT molecular complexity index is 3230. The average Bonchev–Trinajstić information content (AvgIpc) is 3.28. The second kappa shape index (κ2) is 13.0. The molecule has 0 bridgehead atoms. The summed E-state index contributed by atoms with van der Waals surface area (Å²) in [4.78, 5) is 24.7. The van der Waals surface area contributed by atoms with Crippen molar-refractivity contribution in [2.75, 3.05) is 0 Å². The molecule has 0 amide bonds. The summed E-state index contributed by atoms with van der Waals surface area (Å²) in [7, 11) is 0. The first-order valence-electron chi connectivity index (χ1n) is 18.7. The number of hydrogen-bond donors (Lipinski definition) is 0. The van der Waals surface area contributed by atoms with Crippen LogP contribution in [0.15, 0.2) is 188 Å². The molecule has 0 saturated carbocycles. The van der Waals surface area contributed by atoms with Crippen LogP contribution in [-0.4, -0.2) is 24.9 Å². The molecule has 0 atom stereocenters. The molecular formula is C51H31N5. The number of pyridine rings is 5. The van der Waals surface area contributed by atoms with Crippen molar-refractivity contribution < 1.29 is 0 Å². The Morgan fingerprint density at radius 3 is 1.73 bits per heavy atom. The third kappa shape index (κ3) is 5.45. The molecule has 6 aromatic carbocycles. The molecule has 0 unspecified atom stereocenters. The number of hydrogen-bond acceptors (Lipinski definition) is 5. The Balaban J connectivity index is 1.04. The highest BCUT2D eigenvalue weighted by molar-refractivity contribution is 6.16. The summed E-state index contributed by atoms with van der Waals surface area (Å²) in [5, 5.41) is 8.00. The molecular weight excluding hydrogens is 683 g/mol. The van der Waals surface area contributed by atoms with Gasteiger partial charge in [-0.3, -0.25) is 9.97 Å². The molecule has 0 aliphatic heterocycles. The molecule has 0 fully saturated rings. The Morgan fingerprint density at radius 2 is 0.946 bits per heavy atom. The molecule has 5 aromatic heterocycles. The minimum Gasteiger partial charge on any atom is -0.255 e. The summed E-state index contributed by atoms with van der Waals surface area (Å²) >= 11 is 0. The molecule has 0 N–H and O–H groups in total. The maximum atomic E-state index is 5.34. The SMILES string of the molecule is c1ccc(-c2c3ccccc3nc3c2ccc2ccc(-c4ccc5ccc6cc(-c7cc(-c8ccccn8)nc(-c8ccccn8)c7)ccc6c5c4)nc23)cc1. The number of para-hydroxylation sites is 1. The summed E-state index contributed by atoms with van der Waals surface area (Å²) in [6, 6.07) is 61.5. The number of benzene rings is 6. The monoisotopic (exact) mass is 713 g/mol. The number of nitrogens with zero attached hydrogens (tertiary/aromatic N) is 5. The third-order valence-corrected chi connectivity index (χ3v) is 10.7. The summed E-state index contributed by atoms with van der Waals surface area (Å²) in [6.45, 7) is 0. The number of aromatic nitrogens is 5. The first-order valence-corrected chi connectivity index (χ1v) is 18.7. The second-order valence-corrected chi connectivity index (χ2v) is 14.1. The summed E-state index contributed by atoms with van der Waals surface area (Å²) in [5.41, 5.74) is 12.5. The van der Waals surface area contributed by atoms with Crippen LogP contribution in [0, 0.1) is 0 Å². The molecule has 260 valence electrons. The van der Waals surface area contributed by atoms with E-state index in [1.165, 1.54) is 27.3 Å². The minimum absolute atomic E-state index is 0.808. The van der Waals surface area contributed by atoms with E-state index in [4.69, 9.17) is 15.0 Å². The van der Waals surface area contributed by atoms with E-state index < -0.39 is 0 Å². The molecule has 0 aliphatic carbocycles. The predicted molar refractivity (Wildman–Crippen MR) is 230 cm³/mol. The highest BCUT2D eigenvalue weighted by atomic mass is 14.8. The van der Waals surface area contributed by atoms with E-state index in [-0.39, 0.29) is 0 Å². The highest BCUT2D eigenvalue weighted by Gasteiger charge is 2.16. The molecule has 11 aromatic rings. The first kappa shape index (κ1) is 31.9. The van der Waals surface area contributed by atoms with Gasteiger partial charge in [0.2, 0.25) is 0 Å². The zero-order valence-electron chi connectivity index (χ0n) is 30.1. The zero-order chi connectivity index (χ0) is 37.0. The van der Waals surface area contributed by atoms with Crippen LogP contribution in [-0.2, 0) is 0 Å². The second-order valence-electron chi connectivity index (χ2n) is 14.1. The molecule has 0 aliphatic rings. The Hall–Kier alpha value is -7.63. The van der Waals surface area contributed by atoms with Crippen LogP contribution < -0.4 is 0 Å². The van der Waals surface area contributed by atoms with Gasteiger partial charge in [-0.15, -0.1) is 0 Å². The molecule has 56 heavy (non-hydrogen) atoms. The van der Waals surface area contributed by atoms with Crippen LogP contribution in [0.2, 0.25) is 0 Å². The molecule has 5 heteroatoms. The van der Waals surface area contributed by atoms with Crippen molar-refractivity contribution in [3.63, 3.8) is 0 Å². The van der Waals surface area contributed by atoms with E-state index in [1.54, 1.807) is 12.4 Å².